The first-order valence-corrected chi connectivity index (χ1v) is 7.72. The van der Waals surface area contributed by atoms with Crippen molar-refractivity contribution in [1.82, 2.24) is 14.8 Å². The van der Waals surface area contributed by atoms with Gasteiger partial charge in [-0.05, 0) is 36.2 Å². The van der Waals surface area contributed by atoms with Crippen molar-refractivity contribution < 1.29 is 0 Å². The summed E-state index contributed by atoms with van der Waals surface area (Å²) in [5.74, 6) is 1.01. The molecule has 1 aromatic carbocycles. The zero-order chi connectivity index (χ0) is 13.5. The van der Waals surface area contributed by atoms with Gasteiger partial charge in [-0.2, -0.15) is 0 Å². The summed E-state index contributed by atoms with van der Waals surface area (Å²) in [7, 11) is 0. The predicted octanol–water partition coefficient (Wildman–Crippen LogP) is 3.58. The lowest BCUT2D eigenvalue weighted by atomic mass is 10.1. The minimum Gasteiger partial charge on any atom is -0.332 e. The maximum Gasteiger partial charge on any atom is 0.226 e. The second-order valence-corrected chi connectivity index (χ2v) is 6.15. The molecular weight excluding hydrogens is 268 g/mol. The summed E-state index contributed by atoms with van der Waals surface area (Å²) in [5.41, 5.74) is 2.80. The summed E-state index contributed by atoms with van der Waals surface area (Å²) in [4.78, 5) is 2.33. The summed E-state index contributed by atoms with van der Waals surface area (Å²) < 4.78 is 3.01. The number of hydrogen-bond donors (Lipinski definition) is 1. The van der Waals surface area contributed by atoms with Crippen LogP contribution in [0.25, 0.3) is 0 Å². The molecule has 1 N–H and O–H groups in total. The quantitative estimate of drug-likeness (QED) is 0.857. The van der Waals surface area contributed by atoms with Crippen LogP contribution in [0.4, 0.5) is 5.95 Å². The number of anilines is 1. The standard InChI is InChI=1S/C15H18N4S/c20-15-17-16-14(19(15)13-7-3-4-8-13)18-9-11-5-1-2-6-12(11)10-18/h1-2,5-6,13H,3-4,7-10H2,(H,17,20). The molecule has 5 heteroatoms. The number of aromatic amines is 1. The van der Waals surface area contributed by atoms with E-state index in [1.807, 2.05) is 0 Å². The van der Waals surface area contributed by atoms with Crippen LogP contribution >= 0.6 is 12.2 Å². The van der Waals surface area contributed by atoms with E-state index in [9.17, 15) is 0 Å². The van der Waals surface area contributed by atoms with Gasteiger partial charge in [-0.15, -0.1) is 5.10 Å². The van der Waals surface area contributed by atoms with Crippen LogP contribution in [0.2, 0.25) is 0 Å². The van der Waals surface area contributed by atoms with Crippen LogP contribution in [0.15, 0.2) is 24.3 Å². The van der Waals surface area contributed by atoms with E-state index in [4.69, 9.17) is 12.2 Å². The number of benzene rings is 1. The molecule has 1 saturated carbocycles. The second-order valence-electron chi connectivity index (χ2n) is 5.76. The van der Waals surface area contributed by atoms with Crippen molar-refractivity contribution in [2.75, 3.05) is 4.90 Å². The van der Waals surface area contributed by atoms with Crippen molar-refractivity contribution >= 4 is 18.2 Å². The van der Waals surface area contributed by atoms with Crippen molar-refractivity contribution in [1.29, 1.82) is 0 Å². The minimum atomic E-state index is 0.528. The highest BCUT2D eigenvalue weighted by Gasteiger charge is 2.27. The van der Waals surface area contributed by atoms with Gasteiger partial charge < -0.3 is 4.90 Å². The van der Waals surface area contributed by atoms with Crippen molar-refractivity contribution in [2.45, 2.75) is 44.8 Å². The van der Waals surface area contributed by atoms with Gasteiger partial charge in [-0.25, -0.2) is 5.10 Å². The Hall–Kier alpha value is -1.62. The lowest BCUT2D eigenvalue weighted by Crippen LogP contribution is -2.21. The Kier molecular flexibility index (Phi) is 2.88. The van der Waals surface area contributed by atoms with Gasteiger partial charge in [0, 0.05) is 19.1 Å². The van der Waals surface area contributed by atoms with Gasteiger partial charge in [0.2, 0.25) is 5.95 Å². The molecular formula is C15H18N4S. The summed E-state index contributed by atoms with van der Waals surface area (Å²) in [5, 5.41) is 7.49. The van der Waals surface area contributed by atoms with E-state index in [1.54, 1.807) is 0 Å². The SMILES string of the molecule is S=c1[nH]nc(N2Cc3ccccc3C2)n1C1CCCC1. The van der Waals surface area contributed by atoms with Gasteiger partial charge in [0.1, 0.15) is 0 Å². The third-order valence-corrected chi connectivity index (χ3v) is 4.79. The Morgan fingerprint density at radius 1 is 1.10 bits per heavy atom. The van der Waals surface area contributed by atoms with Crippen LogP contribution < -0.4 is 4.90 Å². The topological polar surface area (TPSA) is 36.9 Å². The summed E-state index contributed by atoms with van der Waals surface area (Å²) in [6.07, 6.45) is 5.05. The molecule has 0 saturated heterocycles. The molecule has 0 radical (unpaired) electrons. The van der Waals surface area contributed by atoms with Crippen LogP contribution in [0.1, 0.15) is 42.9 Å². The first-order valence-electron chi connectivity index (χ1n) is 7.31. The molecule has 0 spiro atoms. The van der Waals surface area contributed by atoms with Crippen molar-refractivity contribution in [3.8, 4) is 0 Å². The fraction of sp³-hybridized carbons (Fsp3) is 0.467. The monoisotopic (exact) mass is 286 g/mol. The summed E-state index contributed by atoms with van der Waals surface area (Å²) in [6.45, 7) is 1.87. The van der Waals surface area contributed by atoms with E-state index in [0.29, 0.717) is 6.04 Å². The molecule has 2 aromatic rings. The van der Waals surface area contributed by atoms with Gasteiger partial charge in [-0.3, -0.25) is 4.57 Å². The molecule has 104 valence electrons. The molecule has 1 aliphatic heterocycles. The molecule has 1 aliphatic carbocycles. The Balaban J connectivity index is 1.69. The van der Waals surface area contributed by atoms with Gasteiger partial charge >= 0.3 is 0 Å². The fourth-order valence-electron chi connectivity index (χ4n) is 3.49. The molecule has 0 bridgehead atoms. The molecule has 1 fully saturated rings. The average Bonchev–Trinajstić information content (AvgIpc) is 3.16. The molecule has 20 heavy (non-hydrogen) atoms. The third kappa shape index (κ3) is 1.88. The van der Waals surface area contributed by atoms with Crippen molar-refractivity contribution in [2.24, 2.45) is 0 Å². The Bertz CT molecular complexity index is 656. The largest absolute Gasteiger partial charge is 0.332 e. The molecule has 0 atom stereocenters. The average molecular weight is 286 g/mol. The Labute approximate surface area is 123 Å². The molecule has 4 nitrogen and oxygen atoms in total. The van der Waals surface area contributed by atoms with E-state index in [2.05, 4.69) is 43.9 Å². The first kappa shape index (κ1) is 12.1. The molecule has 0 amide bonds. The van der Waals surface area contributed by atoms with Crippen LogP contribution in [0.5, 0.6) is 0 Å². The smallest absolute Gasteiger partial charge is 0.226 e. The van der Waals surface area contributed by atoms with Gasteiger partial charge in [-0.1, -0.05) is 37.1 Å². The highest BCUT2D eigenvalue weighted by atomic mass is 32.1. The van der Waals surface area contributed by atoms with Gasteiger partial charge in [0.25, 0.3) is 0 Å². The van der Waals surface area contributed by atoms with Crippen molar-refractivity contribution in [3.05, 3.63) is 40.2 Å². The van der Waals surface area contributed by atoms with E-state index in [0.717, 1.165) is 23.8 Å². The number of fused-ring (bicyclic) bond motifs is 1. The molecule has 2 heterocycles. The highest BCUT2D eigenvalue weighted by molar-refractivity contribution is 7.71. The van der Waals surface area contributed by atoms with E-state index < -0.39 is 0 Å². The van der Waals surface area contributed by atoms with E-state index >= 15 is 0 Å². The predicted molar refractivity (Wildman–Crippen MR) is 81.2 cm³/mol. The molecule has 2 aliphatic rings. The van der Waals surface area contributed by atoms with Crippen LogP contribution in [-0.4, -0.2) is 14.8 Å². The summed E-state index contributed by atoms with van der Waals surface area (Å²) >= 11 is 5.45. The van der Waals surface area contributed by atoms with Gasteiger partial charge in [0.05, 0.1) is 0 Å². The molecule has 1 aromatic heterocycles. The Morgan fingerprint density at radius 2 is 1.75 bits per heavy atom. The normalized spacial score (nSPS) is 18.7. The number of rotatable bonds is 2. The third-order valence-electron chi connectivity index (χ3n) is 4.50. The first-order chi connectivity index (χ1) is 9.83. The second kappa shape index (κ2) is 4.74. The zero-order valence-electron chi connectivity index (χ0n) is 11.4. The van der Waals surface area contributed by atoms with Gasteiger partial charge in [0.15, 0.2) is 4.77 Å². The minimum absolute atomic E-state index is 0.528. The van der Waals surface area contributed by atoms with Crippen LogP contribution in [0.3, 0.4) is 0 Å². The fourth-order valence-corrected chi connectivity index (χ4v) is 3.76. The van der Waals surface area contributed by atoms with Crippen molar-refractivity contribution in [3.63, 3.8) is 0 Å². The lowest BCUT2D eigenvalue weighted by Gasteiger charge is -2.21. The molecule has 0 unspecified atom stereocenters. The van der Waals surface area contributed by atoms with E-state index in [1.165, 1.54) is 36.8 Å². The number of nitrogens with zero attached hydrogens (tertiary/aromatic N) is 3. The Morgan fingerprint density at radius 3 is 2.40 bits per heavy atom. The van der Waals surface area contributed by atoms with Crippen LogP contribution in [0, 0.1) is 4.77 Å². The summed E-state index contributed by atoms with van der Waals surface area (Å²) in [6, 6.07) is 9.15. The highest BCUT2D eigenvalue weighted by Crippen LogP contribution is 2.34. The van der Waals surface area contributed by atoms with Crippen LogP contribution in [-0.2, 0) is 13.1 Å². The maximum absolute atomic E-state index is 5.45. The zero-order valence-corrected chi connectivity index (χ0v) is 12.2. The number of H-pyrrole nitrogens is 1. The molecule has 4 rings (SSSR count). The lowest BCUT2D eigenvalue weighted by molar-refractivity contribution is 0.507. The number of hydrogen-bond acceptors (Lipinski definition) is 3. The number of nitrogens with one attached hydrogen (secondary N) is 1. The maximum atomic E-state index is 5.45. The van der Waals surface area contributed by atoms with E-state index in [-0.39, 0.29) is 0 Å². The number of aromatic nitrogens is 3.